The maximum absolute atomic E-state index is 13.6. The molecule has 2 unspecified atom stereocenters. The zero-order valence-corrected chi connectivity index (χ0v) is 26.2. The second-order valence-corrected chi connectivity index (χ2v) is 13.5. The van der Waals surface area contributed by atoms with Gasteiger partial charge in [0.25, 0.3) is 0 Å². The van der Waals surface area contributed by atoms with Gasteiger partial charge in [0.05, 0.1) is 39.7 Å². The molecule has 19 heteroatoms. The first kappa shape index (κ1) is 37.8. The Kier molecular flexibility index (Phi) is 10.3. The van der Waals surface area contributed by atoms with E-state index in [0.717, 1.165) is 12.3 Å². The summed E-state index contributed by atoms with van der Waals surface area (Å²) in [7, 11) is -4.38. The van der Waals surface area contributed by atoms with Crippen molar-refractivity contribution in [1.29, 1.82) is 0 Å². The lowest BCUT2D eigenvalue weighted by molar-refractivity contribution is -0.143. The van der Waals surface area contributed by atoms with Gasteiger partial charge in [-0.25, -0.2) is 23.2 Å². The number of nitrogens with zero attached hydrogens (tertiary/aromatic N) is 3. The number of amides is 1. The normalized spacial score (nSPS) is 18.8. The Morgan fingerprint density at radius 3 is 2.06 bits per heavy atom. The predicted molar refractivity (Wildman–Crippen MR) is 155 cm³/mol. The highest BCUT2D eigenvalue weighted by Gasteiger charge is 2.50. The van der Waals surface area contributed by atoms with Crippen molar-refractivity contribution in [2.75, 3.05) is 17.3 Å². The van der Waals surface area contributed by atoms with Crippen LogP contribution in [0.2, 0.25) is 0 Å². The average Bonchev–Trinajstić information content (AvgIpc) is 2.98. The summed E-state index contributed by atoms with van der Waals surface area (Å²) in [5.74, 6) is -2.40. The first-order valence-corrected chi connectivity index (χ1v) is 16.2. The maximum Gasteiger partial charge on any atom is 0.416 e. The van der Waals surface area contributed by atoms with E-state index in [2.05, 4.69) is 9.97 Å². The van der Waals surface area contributed by atoms with E-state index in [1.165, 1.54) is 6.92 Å². The molecule has 0 saturated heterocycles. The standard InChI is InChI=1S/C30H29F9N4O5S/c1-2-27(40)21(13-17-12-18(28(31,32)33)5-6-23(17)43(27)26(45)46)25-41-15-24(49(47,48)8-4-3-7-44)22(42-25)11-16-9-19(29(34,35)36)14-20(10-16)30(37,38)39/h5-6,9-10,12,14-15,21,44H,2-4,7-8,11,13,40H2,1H3,(H,45,46). The molecule has 4 rings (SSSR count). The number of carboxylic acid groups (broad SMARTS) is 1. The topological polar surface area (TPSA) is 147 Å². The van der Waals surface area contributed by atoms with Crippen LogP contribution in [0.25, 0.3) is 0 Å². The number of aliphatic hydroxyl groups is 1. The average molecular weight is 729 g/mol. The number of rotatable bonds is 9. The Hall–Kier alpha value is -3.97. The Bertz CT molecular complexity index is 1800. The van der Waals surface area contributed by atoms with Crippen LogP contribution in [0.1, 0.15) is 71.4 Å². The van der Waals surface area contributed by atoms with Crippen molar-refractivity contribution in [3.63, 3.8) is 0 Å². The lowest BCUT2D eigenvalue weighted by Crippen LogP contribution is -2.64. The van der Waals surface area contributed by atoms with Crippen LogP contribution in [0.3, 0.4) is 0 Å². The van der Waals surface area contributed by atoms with Gasteiger partial charge >= 0.3 is 24.6 Å². The smallest absolute Gasteiger partial charge is 0.416 e. The number of hydrogen-bond donors (Lipinski definition) is 3. The fourth-order valence-electron chi connectivity index (χ4n) is 5.73. The molecule has 0 aliphatic carbocycles. The summed E-state index contributed by atoms with van der Waals surface area (Å²) in [5, 5.41) is 19.2. The van der Waals surface area contributed by atoms with Gasteiger partial charge in [0, 0.05) is 19.2 Å². The van der Waals surface area contributed by atoms with Gasteiger partial charge in [-0.15, -0.1) is 0 Å². The third kappa shape index (κ3) is 7.93. The summed E-state index contributed by atoms with van der Waals surface area (Å²) < 4.78 is 149. The predicted octanol–water partition coefficient (Wildman–Crippen LogP) is 6.56. The molecule has 0 bridgehead atoms. The summed E-state index contributed by atoms with van der Waals surface area (Å²) in [6.45, 7) is 1.08. The molecule has 1 aliphatic heterocycles. The van der Waals surface area contributed by atoms with E-state index in [1.54, 1.807) is 0 Å². The quantitative estimate of drug-likeness (QED) is 0.166. The number of nitrogens with two attached hydrogens (primary N) is 1. The van der Waals surface area contributed by atoms with Crippen molar-refractivity contribution in [3.8, 4) is 0 Å². The van der Waals surface area contributed by atoms with E-state index in [-0.39, 0.29) is 43.2 Å². The SMILES string of the molecule is CCC1(N)C(c2ncc(S(=O)(=O)CCCCO)c(Cc3cc(C(F)(F)F)cc(C(F)(F)F)c3)n2)Cc2cc(C(F)(F)F)ccc2N1C(=O)O. The summed E-state index contributed by atoms with van der Waals surface area (Å²) in [5.41, 5.74) is -1.32. The van der Waals surface area contributed by atoms with Gasteiger partial charge in [-0.05, 0) is 73.2 Å². The molecule has 3 aromatic rings. The van der Waals surface area contributed by atoms with Crippen LogP contribution >= 0.6 is 0 Å². The molecule has 2 heterocycles. The van der Waals surface area contributed by atoms with Crippen LogP contribution in [0.5, 0.6) is 0 Å². The molecule has 0 radical (unpaired) electrons. The fourth-order valence-corrected chi connectivity index (χ4v) is 7.22. The summed E-state index contributed by atoms with van der Waals surface area (Å²) in [6, 6.07) is 2.97. The second kappa shape index (κ2) is 13.4. The molecule has 0 spiro atoms. The van der Waals surface area contributed by atoms with E-state index < -0.39 is 103 Å². The Balaban J connectivity index is 1.95. The zero-order chi connectivity index (χ0) is 36.7. The fraction of sp³-hybridized carbons (Fsp3) is 0.433. The van der Waals surface area contributed by atoms with Crippen molar-refractivity contribution in [1.82, 2.24) is 9.97 Å². The van der Waals surface area contributed by atoms with Crippen LogP contribution in [-0.2, 0) is 41.2 Å². The van der Waals surface area contributed by atoms with Crippen LogP contribution in [0, 0.1) is 0 Å². The second-order valence-electron chi connectivity index (χ2n) is 11.4. The van der Waals surface area contributed by atoms with Crippen molar-refractivity contribution >= 4 is 21.6 Å². The van der Waals surface area contributed by atoms with E-state index in [1.807, 2.05) is 0 Å². The molecular weight excluding hydrogens is 699 g/mol. The molecule has 1 aliphatic rings. The number of fused-ring (bicyclic) bond motifs is 1. The third-order valence-corrected chi connectivity index (χ3v) is 10.0. The minimum atomic E-state index is -5.22. The molecule has 9 nitrogen and oxygen atoms in total. The van der Waals surface area contributed by atoms with Crippen LogP contribution in [0.15, 0.2) is 47.5 Å². The Labute approximate surface area is 273 Å². The number of aliphatic hydroxyl groups excluding tert-OH is 1. The van der Waals surface area contributed by atoms with Crippen LogP contribution < -0.4 is 10.6 Å². The maximum atomic E-state index is 13.6. The highest BCUT2D eigenvalue weighted by Crippen LogP contribution is 2.46. The number of hydrogen-bond acceptors (Lipinski definition) is 7. The Morgan fingerprint density at radius 2 is 1.55 bits per heavy atom. The molecule has 1 amide bonds. The number of alkyl halides is 9. The molecule has 4 N–H and O–H groups in total. The van der Waals surface area contributed by atoms with Gasteiger partial charge in [-0.3, -0.25) is 4.90 Å². The number of unbranched alkanes of at least 4 members (excludes halogenated alkanes) is 1. The number of halogens is 9. The van der Waals surface area contributed by atoms with Gasteiger partial charge in [0.1, 0.15) is 16.4 Å². The van der Waals surface area contributed by atoms with Crippen molar-refractivity contribution in [2.24, 2.45) is 5.73 Å². The zero-order valence-electron chi connectivity index (χ0n) is 25.4. The summed E-state index contributed by atoms with van der Waals surface area (Å²) in [4.78, 5) is 20.8. The molecule has 2 aromatic carbocycles. The molecule has 2 atom stereocenters. The molecular formula is C30H29F9N4O5S. The van der Waals surface area contributed by atoms with Gasteiger partial charge < -0.3 is 15.9 Å². The van der Waals surface area contributed by atoms with Crippen LogP contribution in [0.4, 0.5) is 50.0 Å². The molecule has 268 valence electrons. The Morgan fingerprint density at radius 1 is 0.959 bits per heavy atom. The first-order valence-electron chi connectivity index (χ1n) is 14.5. The van der Waals surface area contributed by atoms with Gasteiger partial charge in [-0.2, -0.15) is 39.5 Å². The molecule has 1 aromatic heterocycles. The molecule has 0 saturated carbocycles. The first-order chi connectivity index (χ1) is 22.5. The number of benzene rings is 2. The van der Waals surface area contributed by atoms with E-state index >= 15 is 0 Å². The van der Waals surface area contributed by atoms with E-state index in [0.29, 0.717) is 29.2 Å². The number of carbonyl (C=O) groups is 1. The highest BCUT2D eigenvalue weighted by atomic mass is 32.2. The largest absolute Gasteiger partial charge is 0.465 e. The van der Waals surface area contributed by atoms with Gasteiger partial charge in [0.2, 0.25) is 0 Å². The van der Waals surface area contributed by atoms with Crippen molar-refractivity contribution in [3.05, 3.63) is 81.9 Å². The van der Waals surface area contributed by atoms with Gasteiger partial charge in [0.15, 0.2) is 9.84 Å². The molecule has 49 heavy (non-hydrogen) atoms. The van der Waals surface area contributed by atoms with Crippen LogP contribution in [-0.4, -0.2) is 52.7 Å². The van der Waals surface area contributed by atoms with E-state index in [9.17, 15) is 57.8 Å². The lowest BCUT2D eigenvalue weighted by Gasteiger charge is -2.48. The lowest BCUT2D eigenvalue weighted by atomic mass is 9.78. The van der Waals surface area contributed by atoms with E-state index in [4.69, 9.17) is 10.8 Å². The van der Waals surface area contributed by atoms with Crippen molar-refractivity contribution < 1.29 is 62.9 Å². The molecule has 0 fully saturated rings. The monoisotopic (exact) mass is 728 g/mol. The number of anilines is 1. The summed E-state index contributed by atoms with van der Waals surface area (Å²) in [6.07, 6.45) is -17.7. The number of sulfone groups is 1. The third-order valence-electron chi connectivity index (χ3n) is 8.18. The highest BCUT2D eigenvalue weighted by molar-refractivity contribution is 7.91. The summed E-state index contributed by atoms with van der Waals surface area (Å²) >= 11 is 0. The minimum Gasteiger partial charge on any atom is -0.465 e. The minimum absolute atomic E-state index is 0.0364. The van der Waals surface area contributed by atoms with Crippen molar-refractivity contribution in [2.45, 2.75) is 74.0 Å². The van der Waals surface area contributed by atoms with Gasteiger partial charge in [-0.1, -0.05) is 6.92 Å². The number of aromatic nitrogens is 2.